The van der Waals surface area contributed by atoms with Crippen LogP contribution in [0.25, 0.3) is 11.2 Å². The van der Waals surface area contributed by atoms with E-state index in [0.717, 1.165) is 5.56 Å². The van der Waals surface area contributed by atoms with Crippen molar-refractivity contribution in [2.45, 2.75) is 20.5 Å². The van der Waals surface area contributed by atoms with Gasteiger partial charge in [-0.25, -0.2) is 4.98 Å². The van der Waals surface area contributed by atoms with Gasteiger partial charge in [-0.15, -0.1) is 0 Å². The summed E-state index contributed by atoms with van der Waals surface area (Å²) >= 11 is 0. The van der Waals surface area contributed by atoms with Crippen LogP contribution in [0.2, 0.25) is 0 Å². The molecule has 0 radical (unpaired) electrons. The van der Waals surface area contributed by atoms with Crippen LogP contribution in [0.1, 0.15) is 19.4 Å². The zero-order valence-electron chi connectivity index (χ0n) is 11.5. The summed E-state index contributed by atoms with van der Waals surface area (Å²) in [7, 11) is 0. The predicted octanol–water partition coefficient (Wildman–Crippen LogP) is 2.54. The third-order valence-electron chi connectivity index (χ3n) is 2.49. The van der Waals surface area contributed by atoms with Crippen molar-refractivity contribution in [2.75, 3.05) is 5.73 Å². The van der Waals surface area contributed by atoms with Gasteiger partial charge in [0.1, 0.15) is 12.1 Å². The first-order valence-electron chi connectivity index (χ1n) is 6.46. The minimum absolute atomic E-state index is 0.151. The lowest BCUT2D eigenvalue weighted by molar-refractivity contribution is 0.297. The Morgan fingerprint density at radius 2 is 1.90 bits per heavy atom. The fourth-order valence-corrected chi connectivity index (χ4v) is 1.65. The van der Waals surface area contributed by atoms with Crippen LogP contribution in [0, 0.1) is 0 Å². The predicted molar refractivity (Wildman–Crippen MR) is 78.2 cm³/mol. The Kier molecular flexibility index (Phi) is 4.49. The highest BCUT2D eigenvalue weighted by Crippen LogP contribution is 2.20. The fourth-order valence-electron chi connectivity index (χ4n) is 1.65. The zero-order chi connectivity index (χ0) is 14.4. The summed E-state index contributed by atoms with van der Waals surface area (Å²) in [5.41, 5.74) is 7.81. The average Bonchev–Trinajstić information content (AvgIpc) is 2.96. The number of benzene rings is 1. The Labute approximate surface area is 117 Å². The number of nitrogens with zero attached hydrogens (tertiary/aromatic N) is 3. The highest BCUT2D eigenvalue weighted by atomic mass is 16.5. The molecule has 1 aromatic carbocycles. The molecule has 0 spiro atoms. The van der Waals surface area contributed by atoms with E-state index in [2.05, 4.69) is 19.9 Å². The Bertz CT molecular complexity index is 666. The number of rotatable bonds is 3. The van der Waals surface area contributed by atoms with E-state index in [4.69, 9.17) is 10.5 Å². The molecular formula is C14H17N5O. The second kappa shape index (κ2) is 6.51. The SMILES string of the molecule is C[11CH3].Nc1nc(OCc2ccccc2)c2[nH]cnc2n1. The van der Waals surface area contributed by atoms with Gasteiger partial charge in [-0.1, -0.05) is 44.2 Å². The monoisotopic (exact) mass is 270 g/mol. The summed E-state index contributed by atoms with van der Waals surface area (Å²) in [5, 5.41) is 0. The minimum atomic E-state index is 0.151. The van der Waals surface area contributed by atoms with Gasteiger partial charge in [-0.3, -0.25) is 0 Å². The van der Waals surface area contributed by atoms with E-state index in [-0.39, 0.29) is 5.95 Å². The van der Waals surface area contributed by atoms with Crippen LogP contribution in [-0.2, 0) is 6.61 Å². The van der Waals surface area contributed by atoms with Crippen molar-refractivity contribution in [3.05, 3.63) is 42.2 Å². The molecule has 20 heavy (non-hydrogen) atoms. The molecule has 2 aromatic heterocycles. The van der Waals surface area contributed by atoms with E-state index in [1.165, 1.54) is 6.33 Å². The number of hydrogen-bond acceptors (Lipinski definition) is 5. The molecule has 0 aliphatic rings. The number of aromatic nitrogens is 4. The highest BCUT2D eigenvalue weighted by Gasteiger charge is 2.09. The highest BCUT2D eigenvalue weighted by molar-refractivity contribution is 5.76. The van der Waals surface area contributed by atoms with Crippen LogP contribution in [0.4, 0.5) is 5.95 Å². The maximum absolute atomic E-state index is 5.64. The fraction of sp³-hybridized carbons (Fsp3) is 0.214. The molecule has 3 rings (SSSR count). The van der Waals surface area contributed by atoms with Crippen molar-refractivity contribution in [3.8, 4) is 5.88 Å². The molecule has 0 bridgehead atoms. The summed E-state index contributed by atoms with van der Waals surface area (Å²) in [6.07, 6.45) is 1.54. The molecule has 0 saturated heterocycles. The van der Waals surface area contributed by atoms with Gasteiger partial charge in [0.25, 0.3) is 0 Å². The average molecular weight is 270 g/mol. The van der Waals surface area contributed by atoms with Gasteiger partial charge in [0.05, 0.1) is 6.33 Å². The van der Waals surface area contributed by atoms with Crippen LogP contribution in [-0.4, -0.2) is 19.9 Å². The molecule has 6 nitrogen and oxygen atoms in total. The van der Waals surface area contributed by atoms with Crippen LogP contribution in [0.3, 0.4) is 0 Å². The molecule has 0 amide bonds. The van der Waals surface area contributed by atoms with E-state index >= 15 is 0 Å². The molecule has 0 saturated carbocycles. The molecule has 0 unspecified atom stereocenters. The maximum atomic E-state index is 5.64. The molecule has 2 heterocycles. The zero-order valence-corrected chi connectivity index (χ0v) is 11.5. The van der Waals surface area contributed by atoms with Crippen molar-refractivity contribution < 1.29 is 4.74 Å². The Morgan fingerprint density at radius 3 is 2.65 bits per heavy atom. The lowest BCUT2D eigenvalue weighted by atomic mass is 10.2. The Hall–Kier alpha value is -2.63. The number of anilines is 1. The second-order valence-corrected chi connectivity index (χ2v) is 3.76. The van der Waals surface area contributed by atoms with Gasteiger partial charge in [0.2, 0.25) is 11.8 Å². The normalized spacial score (nSPS) is 9.90. The first kappa shape index (κ1) is 13.8. The van der Waals surface area contributed by atoms with E-state index in [1.54, 1.807) is 0 Å². The lowest BCUT2D eigenvalue weighted by Crippen LogP contribution is -2.02. The van der Waals surface area contributed by atoms with Crippen molar-refractivity contribution in [3.63, 3.8) is 0 Å². The Balaban J connectivity index is 0.000000704. The largest absolute Gasteiger partial charge is 0.471 e. The summed E-state index contributed by atoms with van der Waals surface area (Å²) in [6.45, 7) is 4.42. The third-order valence-corrected chi connectivity index (χ3v) is 2.49. The summed E-state index contributed by atoms with van der Waals surface area (Å²) < 4.78 is 5.64. The van der Waals surface area contributed by atoms with Crippen molar-refractivity contribution in [1.82, 2.24) is 19.9 Å². The molecule has 0 fully saturated rings. The second-order valence-electron chi connectivity index (χ2n) is 3.76. The molecule has 104 valence electrons. The molecule has 0 aliphatic carbocycles. The number of fused-ring (bicyclic) bond motifs is 1. The smallest absolute Gasteiger partial charge is 0.245 e. The van der Waals surface area contributed by atoms with Crippen LogP contribution in [0.5, 0.6) is 5.88 Å². The molecule has 3 aromatic rings. The van der Waals surface area contributed by atoms with Gasteiger partial charge in [0.15, 0.2) is 5.65 Å². The molecular weight excluding hydrogens is 253 g/mol. The Morgan fingerprint density at radius 1 is 1.15 bits per heavy atom. The van der Waals surface area contributed by atoms with Crippen LogP contribution >= 0.6 is 0 Å². The van der Waals surface area contributed by atoms with Crippen LogP contribution < -0.4 is 10.5 Å². The van der Waals surface area contributed by atoms with Crippen molar-refractivity contribution >= 4 is 17.1 Å². The van der Waals surface area contributed by atoms with Crippen LogP contribution in [0.15, 0.2) is 36.7 Å². The number of nitrogen functional groups attached to an aromatic ring is 1. The van der Waals surface area contributed by atoms with Crippen molar-refractivity contribution in [2.24, 2.45) is 0 Å². The number of nitrogens with two attached hydrogens (primary N) is 1. The lowest BCUT2D eigenvalue weighted by Gasteiger charge is -2.06. The first-order chi connectivity index (χ1) is 9.83. The summed E-state index contributed by atoms with van der Waals surface area (Å²) in [4.78, 5) is 15.0. The van der Waals surface area contributed by atoms with Gasteiger partial charge >= 0.3 is 0 Å². The van der Waals surface area contributed by atoms with Gasteiger partial charge in [-0.05, 0) is 5.56 Å². The summed E-state index contributed by atoms with van der Waals surface area (Å²) in [5.74, 6) is 0.566. The van der Waals surface area contributed by atoms with E-state index < -0.39 is 0 Å². The van der Waals surface area contributed by atoms with E-state index in [1.807, 2.05) is 44.2 Å². The minimum Gasteiger partial charge on any atom is -0.471 e. The molecule has 0 atom stereocenters. The quantitative estimate of drug-likeness (QED) is 0.763. The summed E-state index contributed by atoms with van der Waals surface area (Å²) in [6, 6.07) is 9.83. The first-order valence-corrected chi connectivity index (χ1v) is 6.46. The molecule has 0 aliphatic heterocycles. The maximum Gasteiger partial charge on any atom is 0.245 e. The number of H-pyrrole nitrogens is 1. The molecule has 6 heteroatoms. The number of aromatic amines is 1. The van der Waals surface area contributed by atoms with Gasteiger partial charge < -0.3 is 15.5 Å². The van der Waals surface area contributed by atoms with Gasteiger partial charge in [-0.2, -0.15) is 9.97 Å². The van der Waals surface area contributed by atoms with Crippen molar-refractivity contribution in [1.29, 1.82) is 0 Å². The molecule has 3 N–H and O–H groups in total. The van der Waals surface area contributed by atoms with Gasteiger partial charge in [0, 0.05) is 0 Å². The number of hydrogen-bond donors (Lipinski definition) is 2. The third kappa shape index (κ3) is 3.03. The topological polar surface area (TPSA) is 89.7 Å². The standard InChI is InChI=1S/C12H11N5O.C2H6/c13-12-16-10-9(14-7-15-10)11(17-12)18-6-8-4-2-1-3-5-8;1-2/h1-5,7H,6H2,(H3,13,14,15,16,17);1-2H3/i;1-1. The van der Waals surface area contributed by atoms with E-state index in [9.17, 15) is 0 Å². The number of ether oxygens (including phenoxy) is 1. The number of nitrogens with one attached hydrogen (secondary N) is 1. The van der Waals surface area contributed by atoms with E-state index in [0.29, 0.717) is 23.7 Å². The number of imidazole rings is 1.